The van der Waals surface area contributed by atoms with Crippen molar-refractivity contribution in [3.05, 3.63) is 23.5 Å². The molecule has 0 bridgehead atoms. The molecule has 1 aliphatic heterocycles. The number of carbonyl (C=O) groups excluding carboxylic acids is 1. The Balaban J connectivity index is 1.65. The van der Waals surface area contributed by atoms with Gasteiger partial charge in [-0.1, -0.05) is 0 Å². The van der Waals surface area contributed by atoms with E-state index in [4.69, 9.17) is 5.11 Å². The van der Waals surface area contributed by atoms with Crippen molar-refractivity contribution in [1.82, 2.24) is 15.2 Å². The van der Waals surface area contributed by atoms with E-state index < -0.39 is 0 Å². The van der Waals surface area contributed by atoms with Gasteiger partial charge in [-0.2, -0.15) is 0 Å². The topological polar surface area (TPSA) is 68.4 Å². The first-order valence-electron chi connectivity index (χ1n) is 7.47. The van der Waals surface area contributed by atoms with Gasteiger partial charge >= 0.3 is 0 Å². The van der Waals surface area contributed by atoms with Crippen molar-refractivity contribution in [2.24, 2.45) is 11.8 Å². The second-order valence-electron chi connectivity index (χ2n) is 6.08. The molecule has 2 fully saturated rings. The average molecular weight is 277 g/mol. The van der Waals surface area contributed by atoms with Crippen LogP contribution >= 0.6 is 0 Å². The molecular weight excluding hydrogens is 254 g/mol. The summed E-state index contributed by atoms with van der Waals surface area (Å²) in [6, 6.07) is 2.05. The Hall–Kier alpha value is -1.33. The quantitative estimate of drug-likeness (QED) is 0.744. The normalized spacial score (nSPS) is 26.9. The van der Waals surface area contributed by atoms with Crippen LogP contribution in [0.25, 0.3) is 0 Å². The van der Waals surface area contributed by atoms with E-state index >= 15 is 0 Å². The van der Waals surface area contributed by atoms with Crippen molar-refractivity contribution in [3.8, 4) is 0 Å². The van der Waals surface area contributed by atoms with Gasteiger partial charge in [-0.05, 0) is 37.7 Å². The van der Waals surface area contributed by atoms with E-state index in [1.807, 2.05) is 13.0 Å². The predicted molar refractivity (Wildman–Crippen MR) is 76.5 cm³/mol. The van der Waals surface area contributed by atoms with Crippen molar-refractivity contribution >= 4 is 5.91 Å². The second-order valence-corrected chi connectivity index (χ2v) is 6.08. The van der Waals surface area contributed by atoms with Crippen LogP contribution in [0.15, 0.2) is 12.3 Å². The summed E-state index contributed by atoms with van der Waals surface area (Å²) in [6.07, 6.45) is 4.37. The van der Waals surface area contributed by atoms with Crippen LogP contribution in [0.4, 0.5) is 0 Å². The molecule has 2 heterocycles. The summed E-state index contributed by atoms with van der Waals surface area (Å²) in [5.41, 5.74) is 1.65. The molecule has 1 saturated heterocycles. The molecule has 5 heteroatoms. The van der Waals surface area contributed by atoms with Gasteiger partial charge in [0.15, 0.2) is 0 Å². The van der Waals surface area contributed by atoms with Gasteiger partial charge in [0, 0.05) is 37.6 Å². The number of aryl methyl sites for hydroxylation is 1. The first kappa shape index (κ1) is 13.6. The molecule has 3 rings (SSSR count). The second kappa shape index (κ2) is 5.58. The SMILES string of the molecule is Cc1[nH]ccc1C(=O)N[C@@H]1CN(CCO)C[C@H]1C1CC1. The minimum Gasteiger partial charge on any atom is -0.395 e. The zero-order valence-corrected chi connectivity index (χ0v) is 11.9. The number of nitrogens with zero attached hydrogens (tertiary/aromatic N) is 1. The Labute approximate surface area is 119 Å². The molecule has 3 N–H and O–H groups in total. The molecule has 2 atom stereocenters. The molecule has 110 valence electrons. The molecule has 1 amide bonds. The van der Waals surface area contributed by atoms with Gasteiger partial charge in [0.05, 0.1) is 12.2 Å². The van der Waals surface area contributed by atoms with Crippen LogP contribution in [-0.2, 0) is 0 Å². The number of aliphatic hydroxyl groups excluding tert-OH is 1. The fourth-order valence-electron chi connectivity index (χ4n) is 3.34. The summed E-state index contributed by atoms with van der Waals surface area (Å²) < 4.78 is 0. The lowest BCUT2D eigenvalue weighted by atomic mass is 9.98. The maximum Gasteiger partial charge on any atom is 0.253 e. The van der Waals surface area contributed by atoms with Gasteiger partial charge in [0.2, 0.25) is 0 Å². The molecule has 20 heavy (non-hydrogen) atoms. The number of carbonyl (C=O) groups is 1. The standard InChI is InChI=1S/C15H23N3O2/c1-10-12(4-5-16-10)15(20)17-14-9-18(6-7-19)8-13(14)11-2-3-11/h4-5,11,13-14,16,19H,2-3,6-9H2,1H3,(H,17,20)/t13-,14+/m0/s1. The van der Waals surface area contributed by atoms with Crippen LogP contribution in [0.1, 0.15) is 28.9 Å². The zero-order valence-electron chi connectivity index (χ0n) is 11.9. The lowest BCUT2D eigenvalue weighted by Gasteiger charge is -2.19. The van der Waals surface area contributed by atoms with E-state index in [9.17, 15) is 4.79 Å². The third-order valence-electron chi connectivity index (χ3n) is 4.60. The monoisotopic (exact) mass is 277 g/mol. The highest BCUT2D eigenvalue weighted by Gasteiger charge is 2.42. The summed E-state index contributed by atoms with van der Waals surface area (Å²) in [5, 5.41) is 12.3. The highest BCUT2D eigenvalue weighted by Crippen LogP contribution is 2.41. The van der Waals surface area contributed by atoms with Crippen molar-refractivity contribution in [2.45, 2.75) is 25.8 Å². The summed E-state index contributed by atoms with van der Waals surface area (Å²) in [5.74, 6) is 1.33. The Morgan fingerprint density at radius 1 is 1.50 bits per heavy atom. The molecule has 1 aromatic rings. The van der Waals surface area contributed by atoms with Gasteiger partial charge in [0.1, 0.15) is 0 Å². The van der Waals surface area contributed by atoms with Crippen LogP contribution in [0.2, 0.25) is 0 Å². The van der Waals surface area contributed by atoms with Crippen LogP contribution in [0, 0.1) is 18.8 Å². The van der Waals surface area contributed by atoms with Gasteiger partial charge < -0.3 is 15.4 Å². The van der Waals surface area contributed by atoms with Gasteiger partial charge in [-0.15, -0.1) is 0 Å². The van der Waals surface area contributed by atoms with Crippen molar-refractivity contribution < 1.29 is 9.90 Å². The minimum atomic E-state index is 0.0187. The number of likely N-dealkylation sites (tertiary alicyclic amines) is 1. The molecule has 1 aromatic heterocycles. The molecule has 2 aliphatic rings. The molecule has 5 nitrogen and oxygen atoms in total. The number of H-pyrrole nitrogens is 1. The van der Waals surface area contributed by atoms with Crippen molar-refractivity contribution in [2.75, 3.05) is 26.2 Å². The van der Waals surface area contributed by atoms with E-state index in [1.54, 1.807) is 6.20 Å². The van der Waals surface area contributed by atoms with Gasteiger partial charge in [-0.25, -0.2) is 0 Å². The smallest absolute Gasteiger partial charge is 0.253 e. The zero-order chi connectivity index (χ0) is 14.1. The fourth-order valence-corrected chi connectivity index (χ4v) is 3.34. The van der Waals surface area contributed by atoms with E-state index in [1.165, 1.54) is 12.8 Å². The molecule has 0 spiro atoms. The van der Waals surface area contributed by atoms with Crippen molar-refractivity contribution in [1.29, 1.82) is 0 Å². The highest BCUT2D eigenvalue weighted by molar-refractivity contribution is 5.95. The summed E-state index contributed by atoms with van der Waals surface area (Å²) >= 11 is 0. The Morgan fingerprint density at radius 3 is 2.90 bits per heavy atom. The lowest BCUT2D eigenvalue weighted by Crippen LogP contribution is -2.41. The van der Waals surface area contributed by atoms with E-state index in [-0.39, 0.29) is 18.6 Å². The lowest BCUT2D eigenvalue weighted by molar-refractivity contribution is 0.0927. The molecule has 0 unspecified atom stereocenters. The number of rotatable bonds is 5. The Morgan fingerprint density at radius 2 is 2.30 bits per heavy atom. The first-order chi connectivity index (χ1) is 9.69. The van der Waals surface area contributed by atoms with E-state index in [0.717, 1.165) is 30.3 Å². The number of aliphatic hydroxyl groups is 1. The minimum absolute atomic E-state index is 0.0187. The van der Waals surface area contributed by atoms with Crippen LogP contribution in [0.3, 0.4) is 0 Å². The largest absolute Gasteiger partial charge is 0.395 e. The van der Waals surface area contributed by atoms with Crippen LogP contribution < -0.4 is 5.32 Å². The van der Waals surface area contributed by atoms with Gasteiger partial charge in [0.25, 0.3) is 5.91 Å². The number of aromatic amines is 1. The summed E-state index contributed by atoms with van der Waals surface area (Å²) in [7, 11) is 0. The molecule has 1 saturated carbocycles. The Bertz CT molecular complexity index is 481. The first-order valence-corrected chi connectivity index (χ1v) is 7.47. The number of amides is 1. The number of hydrogen-bond donors (Lipinski definition) is 3. The Kier molecular flexibility index (Phi) is 3.81. The maximum absolute atomic E-state index is 12.3. The van der Waals surface area contributed by atoms with Crippen LogP contribution in [0.5, 0.6) is 0 Å². The van der Waals surface area contributed by atoms with E-state index in [2.05, 4.69) is 15.2 Å². The summed E-state index contributed by atoms with van der Waals surface area (Å²) in [6.45, 7) is 4.67. The molecular formula is C15H23N3O2. The number of β-amino-alcohol motifs (C(OH)–C–C–N with tert-alkyl or cyclic N) is 1. The third-order valence-corrected chi connectivity index (χ3v) is 4.60. The molecule has 1 aliphatic carbocycles. The predicted octanol–water partition coefficient (Wildman–Crippen LogP) is 0.756. The van der Waals surface area contributed by atoms with E-state index in [0.29, 0.717) is 12.5 Å². The molecule has 0 radical (unpaired) electrons. The van der Waals surface area contributed by atoms with Gasteiger partial charge in [-0.3, -0.25) is 9.69 Å². The third kappa shape index (κ3) is 2.74. The number of nitrogens with one attached hydrogen (secondary N) is 2. The van der Waals surface area contributed by atoms with Crippen molar-refractivity contribution in [3.63, 3.8) is 0 Å². The maximum atomic E-state index is 12.3. The van der Waals surface area contributed by atoms with Crippen LogP contribution in [-0.4, -0.2) is 53.2 Å². The number of aromatic nitrogens is 1. The number of hydrogen-bond acceptors (Lipinski definition) is 3. The highest BCUT2D eigenvalue weighted by atomic mass is 16.3. The average Bonchev–Trinajstić information content (AvgIpc) is 3.05. The molecule has 0 aromatic carbocycles. The summed E-state index contributed by atoms with van der Waals surface area (Å²) in [4.78, 5) is 17.6. The fraction of sp³-hybridized carbons (Fsp3) is 0.667.